The lowest BCUT2D eigenvalue weighted by molar-refractivity contribution is -0.143. The van der Waals surface area contributed by atoms with Crippen LogP contribution in [-0.4, -0.2) is 18.1 Å². The Bertz CT molecular complexity index is 668. The minimum Gasteiger partial charge on any atom is -0.466 e. The maximum Gasteiger partial charge on any atom is 0.357 e. The van der Waals surface area contributed by atoms with E-state index in [1.165, 1.54) is 7.11 Å². The van der Waals surface area contributed by atoms with Crippen LogP contribution in [0.5, 0.6) is 0 Å². The van der Waals surface area contributed by atoms with Gasteiger partial charge in [0.05, 0.1) is 7.11 Å². The lowest BCUT2D eigenvalue weighted by atomic mass is 9.94. The third-order valence-electron chi connectivity index (χ3n) is 3.91. The Labute approximate surface area is 128 Å². The number of alkyl halides is 1. The minimum atomic E-state index is -1.42. The normalized spacial score (nSPS) is 27.2. The van der Waals surface area contributed by atoms with E-state index in [-0.39, 0.29) is 0 Å². The van der Waals surface area contributed by atoms with Gasteiger partial charge in [0.1, 0.15) is 5.60 Å². The fourth-order valence-corrected chi connectivity index (χ4v) is 2.82. The van der Waals surface area contributed by atoms with E-state index in [2.05, 4.69) is 0 Å². The van der Waals surface area contributed by atoms with Crippen LogP contribution in [-0.2, 0) is 19.9 Å². The molecular formula is C17H15ClO3. The van der Waals surface area contributed by atoms with Gasteiger partial charge in [0.25, 0.3) is 5.06 Å². The molecule has 2 atom stereocenters. The molecule has 0 aliphatic carbocycles. The molecular weight excluding hydrogens is 288 g/mol. The first-order valence-electron chi connectivity index (χ1n) is 6.65. The van der Waals surface area contributed by atoms with Crippen molar-refractivity contribution >= 4 is 17.6 Å². The molecule has 2 aromatic rings. The lowest BCUT2D eigenvalue weighted by Gasteiger charge is -2.10. The zero-order valence-electron chi connectivity index (χ0n) is 11.8. The predicted molar refractivity (Wildman–Crippen MR) is 80.9 cm³/mol. The van der Waals surface area contributed by atoms with Crippen LogP contribution in [0, 0.1) is 0 Å². The third kappa shape index (κ3) is 2.13. The second-order valence-corrected chi connectivity index (χ2v) is 5.70. The third-order valence-corrected chi connectivity index (χ3v) is 4.50. The van der Waals surface area contributed by atoms with Crippen molar-refractivity contribution in [1.29, 1.82) is 0 Å². The molecule has 0 radical (unpaired) electrons. The zero-order valence-corrected chi connectivity index (χ0v) is 12.6. The van der Waals surface area contributed by atoms with Crippen LogP contribution < -0.4 is 0 Å². The number of ether oxygens (including phenoxy) is 2. The summed E-state index contributed by atoms with van der Waals surface area (Å²) in [5.74, 6) is -0.571. The van der Waals surface area contributed by atoms with Crippen molar-refractivity contribution in [2.75, 3.05) is 7.11 Å². The van der Waals surface area contributed by atoms with Crippen LogP contribution in [0.1, 0.15) is 12.5 Å². The molecule has 1 saturated heterocycles. The molecule has 0 bridgehead atoms. The van der Waals surface area contributed by atoms with Crippen LogP contribution in [0.4, 0.5) is 0 Å². The maximum absolute atomic E-state index is 11.7. The quantitative estimate of drug-likeness (QED) is 0.493. The predicted octanol–water partition coefficient (Wildman–Crippen LogP) is 3.71. The summed E-state index contributed by atoms with van der Waals surface area (Å²) in [6.45, 7) is 1.79. The van der Waals surface area contributed by atoms with Crippen LogP contribution in [0.2, 0.25) is 0 Å². The molecule has 108 valence electrons. The molecule has 0 aromatic heterocycles. The van der Waals surface area contributed by atoms with Gasteiger partial charge in [-0.25, -0.2) is 4.79 Å². The van der Waals surface area contributed by atoms with Gasteiger partial charge in [-0.15, -0.1) is 0 Å². The van der Waals surface area contributed by atoms with Gasteiger partial charge in [0, 0.05) is 0 Å². The van der Waals surface area contributed by atoms with E-state index in [9.17, 15) is 4.79 Å². The van der Waals surface area contributed by atoms with E-state index >= 15 is 0 Å². The topological polar surface area (TPSA) is 38.8 Å². The van der Waals surface area contributed by atoms with Crippen LogP contribution >= 0.6 is 11.6 Å². The highest BCUT2D eigenvalue weighted by Crippen LogP contribution is 2.59. The van der Waals surface area contributed by atoms with Crippen molar-refractivity contribution in [3.8, 4) is 11.1 Å². The molecule has 4 heteroatoms. The summed E-state index contributed by atoms with van der Waals surface area (Å²) in [5, 5.41) is -1.42. The molecule has 0 saturated carbocycles. The average molecular weight is 303 g/mol. The first kappa shape index (κ1) is 14.1. The Morgan fingerprint density at radius 3 is 2.19 bits per heavy atom. The van der Waals surface area contributed by atoms with E-state index in [0.717, 1.165) is 16.7 Å². The molecule has 21 heavy (non-hydrogen) atoms. The smallest absolute Gasteiger partial charge is 0.357 e. The molecule has 1 fully saturated rings. The number of carbonyl (C=O) groups is 1. The standard InChI is InChI=1S/C17H15ClO3/c1-16(17(18,21-16)15(19)20-2)14-10-8-13(9-11-14)12-6-4-3-5-7-12/h3-11H,1-2H3. The zero-order chi connectivity index (χ0) is 15.1. The van der Waals surface area contributed by atoms with Gasteiger partial charge in [0.15, 0.2) is 0 Å². The largest absolute Gasteiger partial charge is 0.466 e. The number of methoxy groups -OCH3 is 1. The van der Waals surface area contributed by atoms with E-state index in [4.69, 9.17) is 21.1 Å². The van der Waals surface area contributed by atoms with Crippen molar-refractivity contribution < 1.29 is 14.3 Å². The highest BCUT2D eigenvalue weighted by Gasteiger charge is 2.73. The summed E-state index contributed by atoms with van der Waals surface area (Å²) in [4.78, 5) is 11.7. The van der Waals surface area contributed by atoms with Crippen molar-refractivity contribution in [3.05, 3.63) is 60.2 Å². The summed E-state index contributed by atoms with van der Waals surface area (Å²) >= 11 is 6.20. The summed E-state index contributed by atoms with van der Waals surface area (Å²) in [6, 6.07) is 17.9. The van der Waals surface area contributed by atoms with E-state index < -0.39 is 16.6 Å². The monoisotopic (exact) mass is 302 g/mol. The molecule has 3 rings (SSSR count). The molecule has 1 aliphatic heterocycles. The molecule has 2 aromatic carbocycles. The van der Waals surface area contributed by atoms with E-state index in [1.54, 1.807) is 6.92 Å². The number of rotatable bonds is 3. The number of esters is 1. The molecule has 3 nitrogen and oxygen atoms in total. The first-order valence-corrected chi connectivity index (χ1v) is 7.02. The van der Waals surface area contributed by atoms with Crippen LogP contribution in [0.25, 0.3) is 11.1 Å². The number of hydrogen-bond donors (Lipinski definition) is 0. The van der Waals surface area contributed by atoms with Gasteiger partial charge >= 0.3 is 5.97 Å². The SMILES string of the molecule is COC(=O)C1(Cl)OC1(C)c1ccc(-c2ccccc2)cc1. The minimum absolute atomic E-state index is 0.571. The number of hydrogen-bond acceptors (Lipinski definition) is 3. The summed E-state index contributed by atoms with van der Waals surface area (Å²) in [7, 11) is 1.30. The van der Waals surface area contributed by atoms with Gasteiger partial charge in [-0.1, -0.05) is 66.2 Å². The summed E-state index contributed by atoms with van der Waals surface area (Å²) < 4.78 is 10.2. The van der Waals surface area contributed by atoms with Gasteiger partial charge in [-0.05, 0) is 23.6 Å². The lowest BCUT2D eigenvalue weighted by Crippen LogP contribution is -2.26. The summed E-state index contributed by atoms with van der Waals surface area (Å²) in [5.41, 5.74) is 2.23. The molecule has 0 N–H and O–H groups in total. The van der Waals surface area contributed by atoms with Crippen LogP contribution in [0.3, 0.4) is 0 Å². The van der Waals surface area contributed by atoms with Crippen molar-refractivity contribution in [2.45, 2.75) is 17.6 Å². The van der Waals surface area contributed by atoms with Gasteiger partial charge in [-0.3, -0.25) is 0 Å². The number of halogens is 1. The first-order chi connectivity index (χ1) is 10.0. The molecule has 1 aliphatic rings. The number of epoxide rings is 1. The Balaban J connectivity index is 1.88. The number of benzene rings is 2. The van der Waals surface area contributed by atoms with Crippen molar-refractivity contribution in [2.24, 2.45) is 0 Å². The molecule has 0 spiro atoms. The second kappa shape index (κ2) is 4.86. The highest BCUT2D eigenvalue weighted by atomic mass is 35.5. The highest BCUT2D eigenvalue weighted by molar-refractivity contribution is 6.35. The van der Waals surface area contributed by atoms with Crippen molar-refractivity contribution in [3.63, 3.8) is 0 Å². The van der Waals surface area contributed by atoms with E-state index in [0.29, 0.717) is 0 Å². The molecule has 1 heterocycles. The Hall–Kier alpha value is -1.84. The Morgan fingerprint density at radius 1 is 1.05 bits per heavy atom. The fraction of sp³-hybridized carbons (Fsp3) is 0.235. The van der Waals surface area contributed by atoms with Gasteiger partial charge in [-0.2, -0.15) is 0 Å². The second-order valence-electron chi connectivity index (χ2n) is 5.17. The maximum atomic E-state index is 11.7. The molecule has 2 unspecified atom stereocenters. The van der Waals surface area contributed by atoms with Gasteiger partial charge < -0.3 is 9.47 Å². The van der Waals surface area contributed by atoms with Crippen molar-refractivity contribution in [1.82, 2.24) is 0 Å². The Kier molecular flexibility index (Phi) is 3.27. The summed E-state index contributed by atoms with van der Waals surface area (Å²) in [6.07, 6.45) is 0. The van der Waals surface area contributed by atoms with E-state index in [1.807, 2.05) is 54.6 Å². The molecule has 0 amide bonds. The Morgan fingerprint density at radius 2 is 1.62 bits per heavy atom. The van der Waals surface area contributed by atoms with Gasteiger partial charge in [0.2, 0.25) is 0 Å². The van der Waals surface area contributed by atoms with Crippen LogP contribution in [0.15, 0.2) is 54.6 Å². The number of carbonyl (C=O) groups excluding carboxylic acids is 1. The average Bonchev–Trinajstić information content (AvgIpc) is 3.12. The fourth-order valence-electron chi connectivity index (χ4n) is 2.48.